The van der Waals surface area contributed by atoms with Crippen molar-refractivity contribution in [3.8, 4) is 11.5 Å². The molecule has 0 bridgehead atoms. The number of aliphatic hydroxyl groups is 1. The standard InChI is InChI=1S/C16H24N2O4/c1-21-14-7-6-11(8-15(14)22-2)10-17-16(20)18-12-4-3-5-13(19)9-12/h6-8,12-13,19H,3-5,9-10H2,1-2H3,(H2,17,18,20)/t12-,13+/m1/s1. The summed E-state index contributed by atoms with van der Waals surface area (Å²) >= 11 is 0. The van der Waals surface area contributed by atoms with Crippen molar-refractivity contribution in [1.29, 1.82) is 0 Å². The molecule has 0 spiro atoms. The molecule has 2 rings (SSSR count). The van der Waals surface area contributed by atoms with Gasteiger partial charge in [0.25, 0.3) is 0 Å². The summed E-state index contributed by atoms with van der Waals surface area (Å²) < 4.78 is 10.4. The molecule has 2 atom stereocenters. The highest BCUT2D eigenvalue weighted by atomic mass is 16.5. The van der Waals surface area contributed by atoms with Gasteiger partial charge in [-0.3, -0.25) is 0 Å². The third kappa shape index (κ3) is 4.53. The van der Waals surface area contributed by atoms with E-state index in [1.807, 2.05) is 18.2 Å². The number of carbonyl (C=O) groups excluding carboxylic acids is 1. The average molecular weight is 308 g/mol. The van der Waals surface area contributed by atoms with Gasteiger partial charge in [-0.1, -0.05) is 6.07 Å². The third-order valence-corrected chi connectivity index (χ3v) is 3.88. The van der Waals surface area contributed by atoms with Crippen LogP contribution in [-0.2, 0) is 6.54 Å². The van der Waals surface area contributed by atoms with Crippen LogP contribution in [0.3, 0.4) is 0 Å². The van der Waals surface area contributed by atoms with Crippen molar-refractivity contribution < 1.29 is 19.4 Å². The molecule has 0 saturated heterocycles. The van der Waals surface area contributed by atoms with Crippen molar-refractivity contribution in [2.45, 2.75) is 44.4 Å². The fraction of sp³-hybridized carbons (Fsp3) is 0.562. The molecule has 6 heteroatoms. The summed E-state index contributed by atoms with van der Waals surface area (Å²) in [4.78, 5) is 11.9. The summed E-state index contributed by atoms with van der Waals surface area (Å²) in [5, 5.41) is 15.3. The predicted octanol–water partition coefficient (Wildman–Crippen LogP) is 1.81. The van der Waals surface area contributed by atoms with Gasteiger partial charge in [0, 0.05) is 12.6 Å². The highest BCUT2D eigenvalue weighted by molar-refractivity contribution is 5.74. The van der Waals surface area contributed by atoms with E-state index in [0.717, 1.165) is 24.8 Å². The van der Waals surface area contributed by atoms with Gasteiger partial charge in [-0.25, -0.2) is 4.79 Å². The number of rotatable bonds is 5. The van der Waals surface area contributed by atoms with Crippen LogP contribution in [-0.4, -0.2) is 37.5 Å². The normalized spacial score (nSPS) is 21.0. The summed E-state index contributed by atoms with van der Waals surface area (Å²) in [6.07, 6.45) is 3.02. The molecule has 0 radical (unpaired) electrons. The zero-order valence-corrected chi connectivity index (χ0v) is 13.1. The van der Waals surface area contributed by atoms with E-state index in [4.69, 9.17) is 9.47 Å². The number of hydrogen-bond acceptors (Lipinski definition) is 4. The molecule has 1 saturated carbocycles. The van der Waals surface area contributed by atoms with E-state index >= 15 is 0 Å². The number of nitrogens with one attached hydrogen (secondary N) is 2. The van der Waals surface area contributed by atoms with Gasteiger partial charge < -0.3 is 25.2 Å². The largest absolute Gasteiger partial charge is 0.493 e. The van der Waals surface area contributed by atoms with E-state index in [9.17, 15) is 9.90 Å². The molecular weight excluding hydrogens is 284 g/mol. The summed E-state index contributed by atoms with van der Waals surface area (Å²) in [6, 6.07) is 5.36. The average Bonchev–Trinajstić information content (AvgIpc) is 2.52. The molecule has 6 nitrogen and oxygen atoms in total. The van der Waals surface area contributed by atoms with Crippen LogP contribution < -0.4 is 20.1 Å². The Balaban J connectivity index is 1.83. The Hall–Kier alpha value is -1.95. The second-order valence-corrected chi connectivity index (χ2v) is 5.53. The lowest BCUT2D eigenvalue weighted by atomic mass is 9.93. The van der Waals surface area contributed by atoms with E-state index in [1.165, 1.54) is 0 Å². The van der Waals surface area contributed by atoms with Gasteiger partial charge in [0.2, 0.25) is 0 Å². The SMILES string of the molecule is COc1ccc(CNC(=O)N[C@@H]2CCC[C@H](O)C2)cc1OC. The molecule has 1 aliphatic carbocycles. The molecule has 0 aliphatic heterocycles. The number of hydrogen-bond donors (Lipinski definition) is 3. The fourth-order valence-corrected chi connectivity index (χ4v) is 2.70. The number of ether oxygens (including phenoxy) is 2. The second-order valence-electron chi connectivity index (χ2n) is 5.53. The second kappa shape index (κ2) is 7.89. The molecule has 1 aromatic rings. The van der Waals surface area contributed by atoms with Crippen LogP contribution in [0.5, 0.6) is 11.5 Å². The van der Waals surface area contributed by atoms with Gasteiger partial charge in [0.1, 0.15) is 0 Å². The van der Waals surface area contributed by atoms with E-state index in [-0.39, 0.29) is 18.2 Å². The van der Waals surface area contributed by atoms with Crippen molar-refractivity contribution in [2.75, 3.05) is 14.2 Å². The maximum Gasteiger partial charge on any atom is 0.315 e. The van der Waals surface area contributed by atoms with Crippen molar-refractivity contribution in [1.82, 2.24) is 10.6 Å². The van der Waals surface area contributed by atoms with Gasteiger partial charge in [0.15, 0.2) is 11.5 Å². The lowest BCUT2D eigenvalue weighted by Gasteiger charge is -2.26. The first-order valence-corrected chi connectivity index (χ1v) is 7.55. The van der Waals surface area contributed by atoms with Crippen LogP contribution in [0.25, 0.3) is 0 Å². The molecule has 0 unspecified atom stereocenters. The van der Waals surface area contributed by atoms with E-state index in [1.54, 1.807) is 14.2 Å². The van der Waals surface area contributed by atoms with Crippen molar-refractivity contribution in [3.05, 3.63) is 23.8 Å². The lowest BCUT2D eigenvalue weighted by Crippen LogP contribution is -2.44. The number of carbonyl (C=O) groups is 1. The van der Waals surface area contributed by atoms with Crippen molar-refractivity contribution >= 4 is 6.03 Å². The Morgan fingerprint density at radius 3 is 2.73 bits per heavy atom. The third-order valence-electron chi connectivity index (χ3n) is 3.88. The molecule has 122 valence electrons. The Kier molecular flexibility index (Phi) is 5.89. The molecule has 1 fully saturated rings. The first-order chi connectivity index (χ1) is 10.6. The number of amides is 2. The van der Waals surface area contributed by atoms with Crippen LogP contribution in [0.1, 0.15) is 31.2 Å². The first kappa shape index (κ1) is 16.4. The van der Waals surface area contributed by atoms with Gasteiger partial charge >= 0.3 is 6.03 Å². The summed E-state index contributed by atoms with van der Waals surface area (Å²) in [6.45, 7) is 0.404. The van der Waals surface area contributed by atoms with Crippen LogP contribution in [0.15, 0.2) is 18.2 Å². The maximum absolute atomic E-state index is 11.9. The van der Waals surface area contributed by atoms with Gasteiger partial charge in [0.05, 0.1) is 20.3 Å². The van der Waals surface area contributed by atoms with E-state index in [2.05, 4.69) is 10.6 Å². The highest BCUT2D eigenvalue weighted by Crippen LogP contribution is 2.27. The molecular formula is C16H24N2O4. The number of methoxy groups -OCH3 is 2. The summed E-state index contributed by atoms with van der Waals surface area (Å²) in [5.41, 5.74) is 0.927. The smallest absolute Gasteiger partial charge is 0.315 e. The molecule has 1 aromatic carbocycles. The molecule has 0 aromatic heterocycles. The van der Waals surface area contributed by atoms with Crippen LogP contribution >= 0.6 is 0 Å². The minimum absolute atomic E-state index is 0.0501. The monoisotopic (exact) mass is 308 g/mol. The van der Waals surface area contributed by atoms with E-state index < -0.39 is 0 Å². The molecule has 1 aliphatic rings. The molecule has 0 heterocycles. The molecule has 22 heavy (non-hydrogen) atoms. The number of aliphatic hydroxyl groups excluding tert-OH is 1. The minimum Gasteiger partial charge on any atom is -0.493 e. The topological polar surface area (TPSA) is 79.8 Å². The van der Waals surface area contributed by atoms with Crippen LogP contribution in [0.4, 0.5) is 4.79 Å². The molecule has 2 amide bonds. The lowest BCUT2D eigenvalue weighted by molar-refractivity contribution is 0.113. The summed E-state index contributed by atoms with van der Waals surface area (Å²) in [7, 11) is 3.16. The van der Waals surface area contributed by atoms with Crippen LogP contribution in [0, 0.1) is 0 Å². The van der Waals surface area contributed by atoms with Crippen molar-refractivity contribution in [3.63, 3.8) is 0 Å². The summed E-state index contributed by atoms with van der Waals surface area (Å²) in [5.74, 6) is 1.30. The number of urea groups is 1. The number of benzene rings is 1. The minimum atomic E-state index is -0.301. The van der Waals surface area contributed by atoms with Gasteiger partial charge in [-0.15, -0.1) is 0 Å². The Morgan fingerprint density at radius 1 is 1.27 bits per heavy atom. The van der Waals surface area contributed by atoms with Gasteiger partial charge in [-0.05, 0) is 43.4 Å². The van der Waals surface area contributed by atoms with E-state index in [0.29, 0.717) is 24.5 Å². The highest BCUT2D eigenvalue weighted by Gasteiger charge is 2.21. The zero-order valence-electron chi connectivity index (χ0n) is 13.1. The van der Waals surface area contributed by atoms with Gasteiger partial charge in [-0.2, -0.15) is 0 Å². The Labute approximate surface area is 130 Å². The predicted molar refractivity (Wildman–Crippen MR) is 83.2 cm³/mol. The van der Waals surface area contributed by atoms with Crippen molar-refractivity contribution in [2.24, 2.45) is 0 Å². The molecule has 3 N–H and O–H groups in total. The fourth-order valence-electron chi connectivity index (χ4n) is 2.70. The first-order valence-electron chi connectivity index (χ1n) is 7.55. The van der Waals surface area contributed by atoms with Crippen LogP contribution in [0.2, 0.25) is 0 Å². The maximum atomic E-state index is 11.9. The quantitative estimate of drug-likeness (QED) is 0.775. The Bertz CT molecular complexity index is 507. The zero-order chi connectivity index (χ0) is 15.9. The Morgan fingerprint density at radius 2 is 2.05 bits per heavy atom.